The van der Waals surface area contributed by atoms with Crippen molar-refractivity contribution in [3.63, 3.8) is 0 Å². The zero-order valence-electron chi connectivity index (χ0n) is 14.5. The van der Waals surface area contributed by atoms with E-state index in [9.17, 15) is 0 Å². The summed E-state index contributed by atoms with van der Waals surface area (Å²) in [5, 5.41) is 3.37. The quantitative estimate of drug-likeness (QED) is 0.831. The number of para-hydroxylation sites is 1. The Morgan fingerprint density at radius 3 is 2.30 bits per heavy atom. The zero-order valence-corrected chi connectivity index (χ0v) is 14.5. The molecule has 0 aliphatic rings. The molecule has 0 aromatic heterocycles. The average molecular weight is 315 g/mol. The summed E-state index contributed by atoms with van der Waals surface area (Å²) in [5.74, 6) is 2.53. The molecule has 0 fully saturated rings. The Morgan fingerprint density at radius 1 is 1.00 bits per heavy atom. The summed E-state index contributed by atoms with van der Waals surface area (Å²) in [6.07, 6.45) is 0.0192. The van der Waals surface area contributed by atoms with Crippen LogP contribution in [0.15, 0.2) is 36.4 Å². The number of aryl methyl sites for hydroxylation is 2. The van der Waals surface area contributed by atoms with Gasteiger partial charge in [-0.05, 0) is 44.0 Å². The summed E-state index contributed by atoms with van der Waals surface area (Å²) >= 11 is 0. The molecular formula is C19H25NO3. The Morgan fingerprint density at radius 2 is 1.70 bits per heavy atom. The van der Waals surface area contributed by atoms with Crippen LogP contribution in [-0.4, -0.2) is 26.9 Å². The lowest BCUT2D eigenvalue weighted by molar-refractivity contribution is 0.231. The normalized spacial score (nSPS) is 11.7. The lowest BCUT2D eigenvalue weighted by Crippen LogP contribution is -2.23. The first kappa shape index (κ1) is 17.0. The molecule has 0 aliphatic carbocycles. The lowest BCUT2D eigenvalue weighted by atomic mass is 10.1. The molecule has 0 radical (unpaired) electrons. The van der Waals surface area contributed by atoms with Gasteiger partial charge in [-0.2, -0.15) is 0 Å². The summed E-state index contributed by atoms with van der Waals surface area (Å²) in [6, 6.07) is 11.9. The highest BCUT2D eigenvalue weighted by Crippen LogP contribution is 2.29. The predicted molar refractivity (Wildman–Crippen MR) is 94.0 cm³/mol. The van der Waals surface area contributed by atoms with Crippen molar-refractivity contribution in [2.24, 2.45) is 0 Å². The second-order valence-corrected chi connectivity index (χ2v) is 5.60. The highest BCUT2D eigenvalue weighted by atomic mass is 16.5. The first-order valence-corrected chi connectivity index (χ1v) is 7.74. The standard InChI is InChI=1S/C19H25NO3/c1-13-7-6-8-14(2)19(13)23-15(3)12-20-17-11-16(21-4)9-10-18(17)22-5/h6-11,15,20H,12H2,1-5H3. The van der Waals surface area contributed by atoms with Crippen molar-refractivity contribution in [3.05, 3.63) is 47.5 Å². The summed E-state index contributed by atoms with van der Waals surface area (Å²) in [4.78, 5) is 0. The predicted octanol–water partition coefficient (Wildman–Crippen LogP) is 4.20. The number of rotatable bonds is 7. The highest BCUT2D eigenvalue weighted by molar-refractivity contribution is 5.59. The number of anilines is 1. The Labute approximate surface area is 138 Å². The second-order valence-electron chi connectivity index (χ2n) is 5.60. The van der Waals surface area contributed by atoms with E-state index in [0.717, 1.165) is 34.1 Å². The zero-order chi connectivity index (χ0) is 16.8. The first-order valence-electron chi connectivity index (χ1n) is 7.74. The van der Waals surface area contributed by atoms with E-state index in [1.165, 1.54) is 0 Å². The number of hydrogen-bond acceptors (Lipinski definition) is 4. The molecule has 0 heterocycles. The van der Waals surface area contributed by atoms with E-state index in [1.807, 2.05) is 31.2 Å². The molecule has 4 heteroatoms. The number of nitrogens with one attached hydrogen (secondary N) is 1. The van der Waals surface area contributed by atoms with Crippen molar-refractivity contribution in [1.29, 1.82) is 0 Å². The molecule has 0 bridgehead atoms. The van der Waals surface area contributed by atoms with Gasteiger partial charge >= 0.3 is 0 Å². The fourth-order valence-electron chi connectivity index (χ4n) is 2.43. The van der Waals surface area contributed by atoms with Crippen LogP contribution in [0, 0.1) is 13.8 Å². The first-order chi connectivity index (χ1) is 11.0. The Hall–Kier alpha value is -2.36. The van der Waals surface area contributed by atoms with Gasteiger partial charge in [-0.25, -0.2) is 0 Å². The molecule has 23 heavy (non-hydrogen) atoms. The van der Waals surface area contributed by atoms with Crippen molar-refractivity contribution in [3.8, 4) is 17.2 Å². The van der Waals surface area contributed by atoms with Gasteiger partial charge in [0.1, 0.15) is 23.4 Å². The van der Waals surface area contributed by atoms with Crippen molar-refractivity contribution in [2.45, 2.75) is 26.9 Å². The van der Waals surface area contributed by atoms with Crippen LogP contribution in [0.4, 0.5) is 5.69 Å². The highest BCUT2D eigenvalue weighted by Gasteiger charge is 2.11. The maximum atomic E-state index is 6.09. The molecule has 0 spiro atoms. The van der Waals surface area contributed by atoms with Crippen molar-refractivity contribution in [1.82, 2.24) is 0 Å². The smallest absolute Gasteiger partial charge is 0.142 e. The van der Waals surface area contributed by atoms with Gasteiger partial charge in [-0.15, -0.1) is 0 Å². The van der Waals surface area contributed by atoms with Crippen molar-refractivity contribution < 1.29 is 14.2 Å². The number of ether oxygens (including phenoxy) is 3. The molecule has 0 saturated carbocycles. The third-order valence-electron chi connectivity index (χ3n) is 3.71. The SMILES string of the molecule is COc1ccc(OC)c(NCC(C)Oc2c(C)cccc2C)c1. The van der Waals surface area contributed by atoms with Crippen LogP contribution in [-0.2, 0) is 0 Å². The Kier molecular flexibility index (Phi) is 5.74. The van der Waals surface area contributed by atoms with Crippen LogP contribution < -0.4 is 19.5 Å². The van der Waals surface area contributed by atoms with E-state index < -0.39 is 0 Å². The van der Waals surface area contributed by atoms with E-state index in [0.29, 0.717) is 6.54 Å². The fraction of sp³-hybridized carbons (Fsp3) is 0.368. The number of hydrogen-bond donors (Lipinski definition) is 1. The Bertz CT molecular complexity index is 635. The maximum absolute atomic E-state index is 6.09. The van der Waals surface area contributed by atoms with Crippen LogP contribution in [0.25, 0.3) is 0 Å². The van der Waals surface area contributed by atoms with Crippen LogP contribution >= 0.6 is 0 Å². The molecule has 0 saturated heterocycles. The molecule has 0 aliphatic heterocycles. The number of methoxy groups -OCH3 is 2. The van der Waals surface area contributed by atoms with Gasteiger partial charge in [0.2, 0.25) is 0 Å². The van der Waals surface area contributed by atoms with E-state index in [2.05, 4.69) is 31.3 Å². The molecule has 124 valence electrons. The molecular weight excluding hydrogens is 290 g/mol. The molecule has 1 N–H and O–H groups in total. The maximum Gasteiger partial charge on any atom is 0.142 e. The van der Waals surface area contributed by atoms with Gasteiger partial charge in [0.25, 0.3) is 0 Å². The van der Waals surface area contributed by atoms with Crippen LogP contribution in [0.2, 0.25) is 0 Å². The van der Waals surface area contributed by atoms with Crippen LogP contribution in [0.1, 0.15) is 18.1 Å². The van der Waals surface area contributed by atoms with Gasteiger partial charge in [0, 0.05) is 6.07 Å². The minimum atomic E-state index is 0.0192. The van der Waals surface area contributed by atoms with Gasteiger partial charge < -0.3 is 19.5 Å². The largest absolute Gasteiger partial charge is 0.497 e. The number of benzene rings is 2. The average Bonchev–Trinajstić information content (AvgIpc) is 2.56. The summed E-state index contributed by atoms with van der Waals surface area (Å²) in [7, 11) is 3.31. The van der Waals surface area contributed by atoms with Gasteiger partial charge in [-0.3, -0.25) is 0 Å². The van der Waals surface area contributed by atoms with E-state index >= 15 is 0 Å². The lowest BCUT2D eigenvalue weighted by Gasteiger charge is -2.20. The summed E-state index contributed by atoms with van der Waals surface area (Å²) in [5.41, 5.74) is 3.19. The fourth-order valence-corrected chi connectivity index (χ4v) is 2.43. The minimum absolute atomic E-state index is 0.0192. The van der Waals surface area contributed by atoms with E-state index in [-0.39, 0.29) is 6.10 Å². The van der Waals surface area contributed by atoms with E-state index in [4.69, 9.17) is 14.2 Å². The van der Waals surface area contributed by atoms with Gasteiger partial charge in [0.05, 0.1) is 26.5 Å². The summed E-state index contributed by atoms with van der Waals surface area (Å²) < 4.78 is 16.7. The topological polar surface area (TPSA) is 39.7 Å². The molecule has 4 nitrogen and oxygen atoms in total. The minimum Gasteiger partial charge on any atom is -0.497 e. The Balaban J connectivity index is 2.03. The van der Waals surface area contributed by atoms with Crippen molar-refractivity contribution >= 4 is 5.69 Å². The monoisotopic (exact) mass is 315 g/mol. The van der Waals surface area contributed by atoms with Gasteiger partial charge in [0.15, 0.2) is 0 Å². The second kappa shape index (κ2) is 7.77. The van der Waals surface area contributed by atoms with Crippen molar-refractivity contribution in [2.75, 3.05) is 26.1 Å². The van der Waals surface area contributed by atoms with Crippen LogP contribution in [0.3, 0.4) is 0 Å². The molecule has 2 aromatic rings. The van der Waals surface area contributed by atoms with Crippen LogP contribution in [0.5, 0.6) is 17.2 Å². The summed E-state index contributed by atoms with van der Waals surface area (Å²) in [6.45, 7) is 6.84. The molecule has 2 rings (SSSR count). The van der Waals surface area contributed by atoms with Gasteiger partial charge in [-0.1, -0.05) is 18.2 Å². The third kappa shape index (κ3) is 4.31. The molecule has 0 amide bonds. The molecule has 2 aromatic carbocycles. The molecule has 1 atom stereocenters. The van der Waals surface area contributed by atoms with E-state index in [1.54, 1.807) is 14.2 Å². The molecule has 1 unspecified atom stereocenters. The third-order valence-corrected chi connectivity index (χ3v) is 3.71.